The first kappa shape index (κ1) is 33.0. The normalized spacial score (nSPS) is 17.3. The smallest absolute Gasteiger partial charge is 0.246 e. The first-order chi connectivity index (χ1) is 17.4. The quantitative estimate of drug-likeness (QED) is 0.128. The van der Waals surface area contributed by atoms with Crippen molar-refractivity contribution in [2.45, 2.75) is 83.8 Å². The molecule has 3 atom stereocenters. The minimum atomic E-state index is -1.20. The van der Waals surface area contributed by atoms with Gasteiger partial charge in [0.2, 0.25) is 29.5 Å². The summed E-state index contributed by atoms with van der Waals surface area (Å²) in [4.78, 5) is 62.1. The standard InChI is InChI=1S/C24H43N5O6S2/c1-5-16(4)20(21(26)32)28-22(33)17(14-15(2)3)27-23(34)24(8-10-35-11-9-24)29-19(31)7-13-37-36-12-6-18(25)30/h15-17,20H,5-14H2,1-4H3,(H2,25,30)(H2,26,32)(H,27,34)(H,28,33)(H,29,31)/t16-,17-,20-/m0/s1. The Labute approximate surface area is 227 Å². The number of hydrogen-bond donors (Lipinski definition) is 5. The number of ether oxygens (including phenoxy) is 1. The van der Waals surface area contributed by atoms with E-state index in [1.54, 1.807) is 0 Å². The molecule has 212 valence electrons. The zero-order valence-corrected chi connectivity index (χ0v) is 23.9. The minimum Gasteiger partial charge on any atom is -0.381 e. The van der Waals surface area contributed by atoms with E-state index in [2.05, 4.69) is 16.0 Å². The summed E-state index contributed by atoms with van der Waals surface area (Å²) in [6, 6.07) is -1.74. The van der Waals surface area contributed by atoms with Crippen LogP contribution in [0.2, 0.25) is 0 Å². The molecule has 0 aliphatic carbocycles. The van der Waals surface area contributed by atoms with E-state index in [4.69, 9.17) is 16.2 Å². The van der Waals surface area contributed by atoms with Gasteiger partial charge in [-0.15, -0.1) is 0 Å². The number of rotatable bonds is 17. The molecular weight excluding hydrogens is 518 g/mol. The molecule has 13 heteroatoms. The third kappa shape index (κ3) is 11.9. The predicted molar refractivity (Wildman–Crippen MR) is 146 cm³/mol. The molecule has 5 amide bonds. The second-order valence-electron chi connectivity index (χ2n) is 9.78. The molecule has 1 rings (SSSR count). The van der Waals surface area contributed by atoms with Crippen molar-refractivity contribution in [2.24, 2.45) is 23.3 Å². The van der Waals surface area contributed by atoms with Gasteiger partial charge in [-0.3, -0.25) is 24.0 Å². The average molecular weight is 562 g/mol. The van der Waals surface area contributed by atoms with E-state index in [0.717, 1.165) is 0 Å². The Morgan fingerprint density at radius 3 is 2.05 bits per heavy atom. The Hall–Kier alpha value is -1.99. The van der Waals surface area contributed by atoms with Crippen LogP contribution in [0.1, 0.15) is 66.2 Å². The SMILES string of the molecule is CC[C@H](C)[C@H](NC(=O)[C@H](CC(C)C)NC(=O)C1(NC(=O)CCSSCCC(N)=O)CCOCC1)C(N)=O. The van der Waals surface area contributed by atoms with E-state index < -0.39 is 35.3 Å². The molecule has 1 aliphatic heterocycles. The van der Waals surface area contributed by atoms with Gasteiger partial charge in [0.05, 0.1) is 0 Å². The van der Waals surface area contributed by atoms with Crippen LogP contribution in [0.4, 0.5) is 0 Å². The molecule has 37 heavy (non-hydrogen) atoms. The first-order valence-electron chi connectivity index (χ1n) is 12.7. The molecule has 0 aromatic rings. The van der Waals surface area contributed by atoms with Gasteiger partial charge < -0.3 is 32.2 Å². The first-order valence-corrected chi connectivity index (χ1v) is 15.2. The summed E-state index contributed by atoms with van der Waals surface area (Å²) in [5.41, 5.74) is 9.43. The van der Waals surface area contributed by atoms with Crippen LogP contribution in [0.5, 0.6) is 0 Å². The third-order valence-corrected chi connectivity index (χ3v) is 8.64. The summed E-state index contributed by atoms with van der Waals surface area (Å²) in [5.74, 6) is -1.22. The number of nitrogens with one attached hydrogen (secondary N) is 3. The Balaban J connectivity index is 2.88. The monoisotopic (exact) mass is 561 g/mol. The van der Waals surface area contributed by atoms with Crippen molar-refractivity contribution in [3.63, 3.8) is 0 Å². The van der Waals surface area contributed by atoms with Crippen LogP contribution in [0, 0.1) is 11.8 Å². The molecule has 1 fully saturated rings. The van der Waals surface area contributed by atoms with Crippen LogP contribution >= 0.6 is 21.6 Å². The van der Waals surface area contributed by atoms with Crippen LogP contribution < -0.4 is 27.4 Å². The lowest BCUT2D eigenvalue weighted by atomic mass is 9.87. The van der Waals surface area contributed by atoms with Crippen molar-refractivity contribution in [1.82, 2.24) is 16.0 Å². The molecule has 0 aromatic carbocycles. The van der Waals surface area contributed by atoms with Crippen LogP contribution in [0.15, 0.2) is 0 Å². The number of carbonyl (C=O) groups is 5. The van der Waals surface area contributed by atoms with Crippen LogP contribution in [0.25, 0.3) is 0 Å². The molecule has 1 heterocycles. The fourth-order valence-corrected chi connectivity index (χ4v) is 5.83. The molecule has 1 saturated heterocycles. The van der Waals surface area contributed by atoms with Crippen LogP contribution in [-0.4, -0.2) is 71.9 Å². The van der Waals surface area contributed by atoms with E-state index in [1.807, 2.05) is 27.7 Å². The number of primary amides is 2. The van der Waals surface area contributed by atoms with Crippen LogP contribution in [0.3, 0.4) is 0 Å². The van der Waals surface area contributed by atoms with Crippen molar-refractivity contribution < 1.29 is 28.7 Å². The Bertz CT molecular complexity index is 792. The lowest BCUT2D eigenvalue weighted by Gasteiger charge is -2.38. The van der Waals surface area contributed by atoms with Gasteiger partial charge >= 0.3 is 0 Å². The summed E-state index contributed by atoms with van der Waals surface area (Å²) < 4.78 is 5.43. The molecule has 0 bridgehead atoms. The molecule has 7 N–H and O–H groups in total. The highest BCUT2D eigenvalue weighted by Gasteiger charge is 2.43. The van der Waals surface area contributed by atoms with Gasteiger partial charge in [0.25, 0.3) is 0 Å². The van der Waals surface area contributed by atoms with E-state index in [0.29, 0.717) is 37.6 Å². The summed E-state index contributed by atoms with van der Waals surface area (Å²) in [6.45, 7) is 8.17. The van der Waals surface area contributed by atoms with E-state index >= 15 is 0 Å². The molecular formula is C24H43N5O6S2. The van der Waals surface area contributed by atoms with Gasteiger partial charge in [0.15, 0.2) is 0 Å². The van der Waals surface area contributed by atoms with Crippen molar-refractivity contribution in [1.29, 1.82) is 0 Å². The highest BCUT2D eigenvalue weighted by Crippen LogP contribution is 2.25. The van der Waals surface area contributed by atoms with E-state index in [9.17, 15) is 24.0 Å². The van der Waals surface area contributed by atoms with Gasteiger partial charge in [-0.1, -0.05) is 55.7 Å². The fourth-order valence-electron chi connectivity index (χ4n) is 3.84. The second-order valence-corrected chi connectivity index (χ2v) is 12.5. The molecule has 0 spiro atoms. The lowest BCUT2D eigenvalue weighted by molar-refractivity contribution is -0.140. The molecule has 0 unspecified atom stereocenters. The maximum atomic E-state index is 13.5. The van der Waals surface area contributed by atoms with Gasteiger partial charge in [-0.25, -0.2) is 0 Å². The summed E-state index contributed by atoms with van der Waals surface area (Å²) in [7, 11) is 2.92. The van der Waals surface area contributed by atoms with Gasteiger partial charge in [-0.2, -0.15) is 0 Å². The van der Waals surface area contributed by atoms with Crippen LogP contribution in [-0.2, 0) is 28.7 Å². The minimum absolute atomic E-state index is 0.0796. The maximum Gasteiger partial charge on any atom is 0.246 e. The third-order valence-electron chi connectivity index (χ3n) is 6.23. The summed E-state index contributed by atoms with van der Waals surface area (Å²) in [6.07, 6.45) is 2.01. The molecule has 0 aromatic heterocycles. The predicted octanol–water partition coefficient (Wildman–Crippen LogP) is 0.846. The molecule has 0 saturated carbocycles. The zero-order valence-electron chi connectivity index (χ0n) is 22.3. The topological polar surface area (TPSA) is 183 Å². The highest BCUT2D eigenvalue weighted by molar-refractivity contribution is 8.76. The average Bonchev–Trinajstić information content (AvgIpc) is 2.83. The van der Waals surface area contributed by atoms with Gasteiger partial charge in [0.1, 0.15) is 17.6 Å². The lowest BCUT2D eigenvalue weighted by Crippen LogP contribution is -2.64. The highest BCUT2D eigenvalue weighted by atomic mass is 33.1. The second kappa shape index (κ2) is 16.8. The molecule has 0 radical (unpaired) electrons. The Morgan fingerprint density at radius 1 is 0.946 bits per heavy atom. The van der Waals surface area contributed by atoms with Crippen molar-refractivity contribution in [3.8, 4) is 0 Å². The van der Waals surface area contributed by atoms with E-state index in [-0.39, 0.29) is 49.3 Å². The molecule has 11 nitrogen and oxygen atoms in total. The summed E-state index contributed by atoms with van der Waals surface area (Å²) >= 11 is 0. The maximum absolute atomic E-state index is 13.5. The van der Waals surface area contributed by atoms with Gasteiger partial charge in [-0.05, 0) is 18.3 Å². The summed E-state index contributed by atoms with van der Waals surface area (Å²) in [5, 5.41) is 8.44. The van der Waals surface area contributed by atoms with Crippen molar-refractivity contribution in [2.75, 3.05) is 24.7 Å². The fraction of sp³-hybridized carbons (Fsp3) is 0.792. The van der Waals surface area contributed by atoms with Gasteiger partial charge in [0, 0.05) is 50.4 Å². The Kier molecular flexibility index (Phi) is 15.0. The number of hydrogen-bond acceptors (Lipinski definition) is 8. The number of amides is 5. The van der Waals surface area contributed by atoms with E-state index in [1.165, 1.54) is 21.6 Å². The zero-order chi connectivity index (χ0) is 28.0. The number of nitrogens with two attached hydrogens (primary N) is 2. The van der Waals surface area contributed by atoms with Crippen molar-refractivity contribution in [3.05, 3.63) is 0 Å². The molecule has 1 aliphatic rings. The van der Waals surface area contributed by atoms with Crippen molar-refractivity contribution >= 4 is 51.1 Å². The Morgan fingerprint density at radius 2 is 1.54 bits per heavy atom. The largest absolute Gasteiger partial charge is 0.381 e. The number of carbonyl (C=O) groups excluding carboxylic acids is 5.